The molecule has 0 fully saturated rings. The van der Waals surface area contributed by atoms with E-state index < -0.39 is 0 Å². The highest BCUT2D eigenvalue weighted by Gasteiger charge is 2.19. The Balaban J connectivity index is 2.22. The number of carbonyl (C=O) groups is 1. The maximum atomic E-state index is 12.6. The van der Waals surface area contributed by atoms with Gasteiger partial charge in [0.05, 0.1) is 0 Å². The second-order valence-corrected chi connectivity index (χ2v) is 7.29. The topological polar surface area (TPSA) is 39.1 Å². The van der Waals surface area contributed by atoms with Crippen molar-refractivity contribution in [3.63, 3.8) is 0 Å². The molecule has 2 aromatic rings. The van der Waals surface area contributed by atoms with Crippen LogP contribution in [0.4, 0.5) is 0 Å². The number of aromatic nitrogens is 1. The van der Waals surface area contributed by atoms with Crippen LogP contribution in [0.15, 0.2) is 51.9 Å². The molecule has 1 aromatic heterocycles. The number of aryl methyl sites for hydroxylation is 1. The molecule has 1 aromatic carbocycles. The van der Waals surface area contributed by atoms with Gasteiger partial charge in [-0.1, -0.05) is 41.9 Å². The number of hydrogen-bond donors (Lipinski definition) is 0. The van der Waals surface area contributed by atoms with Crippen molar-refractivity contribution in [2.45, 2.75) is 32.6 Å². The number of nitrogens with zero attached hydrogens (tertiary/aromatic N) is 1. The molecular weight excluding hydrogens is 354 g/mol. The van der Waals surface area contributed by atoms with E-state index in [4.69, 9.17) is 0 Å². The van der Waals surface area contributed by atoms with Gasteiger partial charge in [-0.15, -0.1) is 0 Å². The Kier molecular flexibility index (Phi) is 5.94. The molecule has 4 heteroatoms. The third-order valence-corrected chi connectivity index (χ3v) is 4.47. The molecule has 0 amide bonds. The molecule has 0 spiro atoms. The number of pyridine rings is 1. The van der Waals surface area contributed by atoms with E-state index in [9.17, 15) is 9.59 Å². The molecular formula is C19H22BrNO2. The molecule has 1 heterocycles. The SMILES string of the molecule is CC(C)C[C@H](CC(=O)c1ccc(=O)n(C)c1)c1ccc(Br)cc1. The number of ketones is 1. The average molecular weight is 376 g/mol. The minimum atomic E-state index is -0.104. The molecule has 0 radical (unpaired) electrons. The van der Waals surface area contributed by atoms with Gasteiger partial charge in [0.25, 0.3) is 0 Å². The van der Waals surface area contributed by atoms with Gasteiger partial charge >= 0.3 is 0 Å². The van der Waals surface area contributed by atoms with Crippen LogP contribution in [0, 0.1) is 5.92 Å². The molecule has 0 saturated heterocycles. The van der Waals surface area contributed by atoms with Gasteiger partial charge in [-0.05, 0) is 42.0 Å². The zero-order valence-electron chi connectivity index (χ0n) is 13.8. The number of benzene rings is 1. The molecule has 3 nitrogen and oxygen atoms in total. The van der Waals surface area contributed by atoms with Crippen LogP contribution in [0.25, 0.3) is 0 Å². The Labute approximate surface area is 145 Å². The van der Waals surface area contributed by atoms with Crippen LogP contribution < -0.4 is 5.56 Å². The van der Waals surface area contributed by atoms with E-state index in [1.165, 1.54) is 16.2 Å². The zero-order valence-corrected chi connectivity index (χ0v) is 15.3. The van der Waals surface area contributed by atoms with Crippen LogP contribution >= 0.6 is 15.9 Å². The molecule has 0 saturated carbocycles. The van der Waals surface area contributed by atoms with Crippen LogP contribution in [-0.4, -0.2) is 10.4 Å². The lowest BCUT2D eigenvalue weighted by Crippen LogP contribution is -2.17. The number of hydrogen-bond acceptors (Lipinski definition) is 2. The van der Waals surface area contributed by atoms with E-state index in [-0.39, 0.29) is 17.3 Å². The highest BCUT2D eigenvalue weighted by Crippen LogP contribution is 2.29. The van der Waals surface area contributed by atoms with Crippen molar-refractivity contribution in [3.8, 4) is 0 Å². The second-order valence-electron chi connectivity index (χ2n) is 6.37. The summed E-state index contributed by atoms with van der Waals surface area (Å²) in [6.07, 6.45) is 3.04. The van der Waals surface area contributed by atoms with Crippen molar-refractivity contribution in [1.29, 1.82) is 0 Å². The lowest BCUT2D eigenvalue weighted by Gasteiger charge is -2.19. The molecule has 0 aliphatic rings. The Morgan fingerprint density at radius 3 is 2.35 bits per heavy atom. The summed E-state index contributed by atoms with van der Waals surface area (Å²) in [6, 6.07) is 11.2. The van der Waals surface area contributed by atoms with Crippen LogP contribution in [0.5, 0.6) is 0 Å². The fraction of sp³-hybridized carbons (Fsp3) is 0.368. The lowest BCUT2D eigenvalue weighted by molar-refractivity contribution is 0.0969. The first-order valence-electron chi connectivity index (χ1n) is 7.82. The normalized spacial score (nSPS) is 12.4. The lowest BCUT2D eigenvalue weighted by atomic mass is 9.85. The highest BCUT2D eigenvalue weighted by atomic mass is 79.9. The summed E-state index contributed by atoms with van der Waals surface area (Å²) in [5, 5.41) is 0. The Hall–Kier alpha value is -1.68. The van der Waals surface area contributed by atoms with E-state index in [1.54, 1.807) is 19.3 Å². The van der Waals surface area contributed by atoms with Gasteiger partial charge in [0.1, 0.15) is 0 Å². The molecule has 0 aliphatic carbocycles. The van der Waals surface area contributed by atoms with E-state index in [2.05, 4.69) is 41.9 Å². The Bertz CT molecular complexity index is 732. The van der Waals surface area contributed by atoms with Crippen LogP contribution in [-0.2, 0) is 7.05 Å². The number of Topliss-reactive ketones (excluding diaryl/α,β-unsaturated/α-hetero) is 1. The van der Waals surface area contributed by atoms with Crippen LogP contribution in [0.1, 0.15) is 48.5 Å². The third-order valence-electron chi connectivity index (χ3n) is 3.94. The minimum Gasteiger partial charge on any atom is -0.318 e. The number of carbonyl (C=O) groups excluding carboxylic acids is 1. The summed E-state index contributed by atoms with van der Waals surface area (Å²) in [4.78, 5) is 24.1. The number of rotatable bonds is 6. The van der Waals surface area contributed by atoms with Crippen molar-refractivity contribution in [2.24, 2.45) is 13.0 Å². The van der Waals surface area contributed by atoms with E-state index in [1.807, 2.05) is 12.1 Å². The third kappa shape index (κ3) is 4.90. The molecule has 0 N–H and O–H groups in total. The van der Waals surface area contributed by atoms with Crippen molar-refractivity contribution in [1.82, 2.24) is 4.57 Å². The molecule has 0 bridgehead atoms. The summed E-state index contributed by atoms with van der Waals surface area (Å²) < 4.78 is 2.48. The zero-order chi connectivity index (χ0) is 17.0. The fourth-order valence-electron chi connectivity index (χ4n) is 2.74. The standard InChI is InChI=1S/C19H22BrNO2/c1-13(2)10-16(14-4-7-17(20)8-5-14)11-18(22)15-6-9-19(23)21(3)12-15/h4-9,12-13,16H,10-11H2,1-3H3/t16-/m1/s1. The van der Waals surface area contributed by atoms with Crippen molar-refractivity contribution < 1.29 is 4.79 Å². The highest BCUT2D eigenvalue weighted by molar-refractivity contribution is 9.10. The average Bonchev–Trinajstić information content (AvgIpc) is 2.49. The molecule has 1 atom stereocenters. The first-order chi connectivity index (χ1) is 10.9. The predicted molar refractivity (Wildman–Crippen MR) is 97.0 cm³/mol. The van der Waals surface area contributed by atoms with Gasteiger partial charge in [0, 0.05) is 35.8 Å². The summed E-state index contributed by atoms with van der Waals surface area (Å²) in [5.74, 6) is 0.776. The van der Waals surface area contributed by atoms with Crippen molar-refractivity contribution in [3.05, 3.63) is 68.5 Å². The first-order valence-corrected chi connectivity index (χ1v) is 8.61. The first kappa shape index (κ1) is 17.7. The van der Waals surface area contributed by atoms with Gasteiger partial charge < -0.3 is 4.57 Å². The van der Waals surface area contributed by atoms with E-state index in [0.717, 1.165) is 10.9 Å². The maximum absolute atomic E-state index is 12.6. The predicted octanol–water partition coefficient (Wildman–Crippen LogP) is 4.55. The minimum absolute atomic E-state index is 0.0779. The number of halogens is 1. The summed E-state index contributed by atoms with van der Waals surface area (Å²) in [7, 11) is 1.67. The van der Waals surface area contributed by atoms with Gasteiger partial charge in [-0.3, -0.25) is 9.59 Å². The quantitative estimate of drug-likeness (QED) is 0.694. The molecule has 2 rings (SSSR count). The second kappa shape index (κ2) is 7.73. The van der Waals surface area contributed by atoms with Gasteiger partial charge in [0.15, 0.2) is 5.78 Å². The van der Waals surface area contributed by atoms with Crippen LogP contribution in [0.3, 0.4) is 0 Å². The molecule has 0 unspecified atom stereocenters. The van der Waals surface area contributed by atoms with E-state index in [0.29, 0.717) is 17.9 Å². The fourth-order valence-corrected chi connectivity index (χ4v) is 3.01. The van der Waals surface area contributed by atoms with Gasteiger partial charge in [0.2, 0.25) is 5.56 Å². The van der Waals surface area contributed by atoms with Crippen molar-refractivity contribution >= 4 is 21.7 Å². The van der Waals surface area contributed by atoms with Gasteiger partial charge in [-0.25, -0.2) is 0 Å². The Morgan fingerprint density at radius 2 is 1.78 bits per heavy atom. The monoisotopic (exact) mass is 375 g/mol. The molecule has 122 valence electrons. The van der Waals surface area contributed by atoms with E-state index >= 15 is 0 Å². The van der Waals surface area contributed by atoms with Crippen LogP contribution in [0.2, 0.25) is 0 Å². The largest absolute Gasteiger partial charge is 0.318 e. The summed E-state index contributed by atoms with van der Waals surface area (Å²) in [6.45, 7) is 4.34. The van der Waals surface area contributed by atoms with Gasteiger partial charge in [-0.2, -0.15) is 0 Å². The summed E-state index contributed by atoms with van der Waals surface area (Å²) in [5.41, 5.74) is 1.67. The molecule has 0 aliphatic heterocycles. The molecule has 23 heavy (non-hydrogen) atoms. The Morgan fingerprint density at radius 1 is 1.13 bits per heavy atom. The maximum Gasteiger partial charge on any atom is 0.250 e. The summed E-state index contributed by atoms with van der Waals surface area (Å²) >= 11 is 3.45. The van der Waals surface area contributed by atoms with Crippen molar-refractivity contribution in [2.75, 3.05) is 0 Å². The smallest absolute Gasteiger partial charge is 0.250 e.